The average Bonchev–Trinajstić information content (AvgIpc) is 3.25. The zero-order valence-corrected chi connectivity index (χ0v) is 25.3. The first-order valence-electron chi connectivity index (χ1n) is 16.4. The molecule has 1 saturated heterocycles. The predicted octanol–water partition coefficient (Wildman–Crippen LogP) is 7.66. The van der Waals surface area contributed by atoms with E-state index >= 15 is 0 Å². The molecule has 1 heterocycles. The third-order valence-corrected chi connectivity index (χ3v) is 12.3. The molecule has 4 heteroatoms. The van der Waals surface area contributed by atoms with Crippen LogP contribution in [0.4, 0.5) is 0 Å². The molecule has 3 saturated carbocycles. The number of fused-ring (bicyclic) bond motifs is 5. The molecule has 4 nitrogen and oxygen atoms in total. The molecule has 216 valence electrons. The Labute approximate surface area is 233 Å². The van der Waals surface area contributed by atoms with Crippen molar-refractivity contribution in [3.8, 4) is 0 Å². The lowest BCUT2D eigenvalue weighted by molar-refractivity contribution is -0.152. The highest BCUT2D eigenvalue weighted by Crippen LogP contribution is 2.67. The molecule has 0 aromatic rings. The first-order valence-corrected chi connectivity index (χ1v) is 16.4. The van der Waals surface area contributed by atoms with Crippen LogP contribution >= 0.6 is 0 Å². The quantitative estimate of drug-likeness (QED) is 0.228. The second-order valence-corrected chi connectivity index (χ2v) is 14.8. The summed E-state index contributed by atoms with van der Waals surface area (Å²) in [6.45, 7) is 16.8. The summed E-state index contributed by atoms with van der Waals surface area (Å²) in [6, 6.07) is 0. The molecular weight excluding hydrogens is 470 g/mol. The Kier molecular flexibility index (Phi) is 9.00. The van der Waals surface area contributed by atoms with Crippen molar-refractivity contribution in [2.75, 3.05) is 32.8 Å². The number of nitrogens with zero attached hydrogens (tertiary/aromatic N) is 1. The van der Waals surface area contributed by atoms with Crippen LogP contribution in [0.25, 0.3) is 0 Å². The second-order valence-electron chi connectivity index (χ2n) is 14.8. The molecule has 0 spiro atoms. The molecule has 0 aromatic heterocycles. The van der Waals surface area contributed by atoms with E-state index in [1.165, 1.54) is 57.8 Å². The number of carbonyl (C=O) groups is 1. The van der Waals surface area contributed by atoms with Gasteiger partial charge in [0, 0.05) is 26.1 Å². The van der Waals surface area contributed by atoms with E-state index in [4.69, 9.17) is 9.47 Å². The van der Waals surface area contributed by atoms with Crippen LogP contribution in [0.2, 0.25) is 0 Å². The number of hydrogen-bond acceptors (Lipinski definition) is 4. The molecule has 0 radical (unpaired) electrons. The normalized spacial score (nSPS) is 40.2. The number of esters is 1. The number of carbonyl (C=O) groups excluding carboxylic acids is 1. The lowest BCUT2D eigenvalue weighted by atomic mass is 9.47. The van der Waals surface area contributed by atoms with Crippen molar-refractivity contribution < 1.29 is 14.3 Å². The first kappa shape index (κ1) is 28.7. The molecule has 0 amide bonds. The molecule has 1 aliphatic heterocycles. The van der Waals surface area contributed by atoms with Gasteiger partial charge in [0.2, 0.25) is 0 Å². The van der Waals surface area contributed by atoms with E-state index in [1.807, 2.05) is 0 Å². The summed E-state index contributed by atoms with van der Waals surface area (Å²) in [7, 11) is 0. The van der Waals surface area contributed by atoms with E-state index in [0.717, 1.165) is 81.2 Å². The number of ether oxygens (including phenoxy) is 2. The molecule has 0 aromatic carbocycles. The van der Waals surface area contributed by atoms with Gasteiger partial charge in [-0.15, -0.1) is 0 Å². The lowest BCUT2D eigenvalue weighted by Crippen LogP contribution is -2.51. The Morgan fingerprint density at radius 3 is 2.61 bits per heavy atom. The second kappa shape index (κ2) is 11.9. The van der Waals surface area contributed by atoms with E-state index in [9.17, 15) is 4.79 Å². The highest BCUT2D eigenvalue weighted by molar-refractivity contribution is 5.69. The van der Waals surface area contributed by atoms with Gasteiger partial charge in [-0.25, -0.2) is 0 Å². The number of morpholine rings is 1. The maximum absolute atomic E-state index is 12.7. The summed E-state index contributed by atoms with van der Waals surface area (Å²) < 4.78 is 11.5. The first-order chi connectivity index (χ1) is 18.2. The largest absolute Gasteiger partial charge is 0.462 e. The van der Waals surface area contributed by atoms with Crippen molar-refractivity contribution >= 4 is 5.97 Å². The van der Waals surface area contributed by atoms with Crippen molar-refractivity contribution in [2.45, 2.75) is 118 Å². The molecule has 8 atom stereocenters. The molecule has 0 N–H and O–H groups in total. The fourth-order valence-electron chi connectivity index (χ4n) is 10.1. The Morgan fingerprint density at radius 1 is 1.05 bits per heavy atom. The summed E-state index contributed by atoms with van der Waals surface area (Å²) in [5.41, 5.74) is 2.49. The SMILES string of the molecule is CC(C)CCCC(C)C1CCC2C3CC=C4CC(OC(=O)CCN5CCOCC5)CC[C@]4(C)C3CC[C@]12C. The van der Waals surface area contributed by atoms with Crippen molar-refractivity contribution in [1.82, 2.24) is 4.90 Å². The summed E-state index contributed by atoms with van der Waals surface area (Å²) in [6.07, 6.45) is 17.7. The van der Waals surface area contributed by atoms with Gasteiger partial charge in [-0.05, 0) is 91.3 Å². The fourth-order valence-corrected chi connectivity index (χ4v) is 10.1. The minimum Gasteiger partial charge on any atom is -0.462 e. The number of rotatable bonds is 9. The van der Waals surface area contributed by atoms with Crippen LogP contribution in [0.1, 0.15) is 112 Å². The van der Waals surface area contributed by atoms with Gasteiger partial charge in [-0.3, -0.25) is 9.69 Å². The van der Waals surface area contributed by atoms with Crippen molar-refractivity contribution in [1.29, 1.82) is 0 Å². The highest BCUT2D eigenvalue weighted by atomic mass is 16.5. The topological polar surface area (TPSA) is 38.8 Å². The van der Waals surface area contributed by atoms with Gasteiger partial charge in [0.25, 0.3) is 0 Å². The standard InChI is InChI=1S/C34H57NO3/c1-24(2)7-6-8-25(3)29-11-12-30-28-10-9-26-23-27(38-32(36)15-18-35-19-21-37-22-20-35)13-16-33(26,4)31(28)14-17-34(29,30)5/h9,24-25,27-31H,6-8,10-23H2,1-5H3/t25?,27?,28?,29?,30?,31?,33-,34+/m0/s1. The van der Waals surface area contributed by atoms with Gasteiger partial charge >= 0.3 is 5.97 Å². The van der Waals surface area contributed by atoms with Crippen LogP contribution < -0.4 is 0 Å². The van der Waals surface area contributed by atoms with Gasteiger partial charge in [0.15, 0.2) is 0 Å². The number of hydrogen-bond donors (Lipinski definition) is 0. The Morgan fingerprint density at radius 2 is 1.84 bits per heavy atom. The van der Waals surface area contributed by atoms with Crippen LogP contribution in [0.3, 0.4) is 0 Å². The molecule has 4 fully saturated rings. The van der Waals surface area contributed by atoms with Crippen LogP contribution in [-0.4, -0.2) is 49.8 Å². The molecule has 5 aliphatic rings. The van der Waals surface area contributed by atoms with E-state index in [1.54, 1.807) is 5.57 Å². The van der Waals surface area contributed by atoms with Crippen LogP contribution in [-0.2, 0) is 14.3 Å². The molecule has 38 heavy (non-hydrogen) atoms. The highest BCUT2D eigenvalue weighted by Gasteiger charge is 2.59. The smallest absolute Gasteiger partial charge is 0.307 e. The van der Waals surface area contributed by atoms with Crippen LogP contribution in [0, 0.1) is 46.3 Å². The fraction of sp³-hybridized carbons (Fsp3) is 0.912. The maximum atomic E-state index is 12.7. The van der Waals surface area contributed by atoms with Gasteiger partial charge < -0.3 is 9.47 Å². The Hall–Kier alpha value is -0.870. The van der Waals surface area contributed by atoms with Crippen molar-refractivity contribution in [2.24, 2.45) is 46.3 Å². The molecule has 5 rings (SSSR count). The molecule has 4 aliphatic carbocycles. The van der Waals surface area contributed by atoms with Gasteiger partial charge in [-0.1, -0.05) is 65.5 Å². The van der Waals surface area contributed by atoms with Crippen LogP contribution in [0.15, 0.2) is 11.6 Å². The van der Waals surface area contributed by atoms with Gasteiger partial charge in [-0.2, -0.15) is 0 Å². The molecular formula is C34H57NO3. The third-order valence-electron chi connectivity index (χ3n) is 12.3. The third kappa shape index (κ3) is 5.78. The summed E-state index contributed by atoms with van der Waals surface area (Å²) in [5.74, 6) is 5.22. The van der Waals surface area contributed by atoms with Crippen LogP contribution in [0.5, 0.6) is 0 Å². The van der Waals surface area contributed by atoms with E-state index in [0.29, 0.717) is 17.3 Å². The van der Waals surface area contributed by atoms with Crippen molar-refractivity contribution in [3.63, 3.8) is 0 Å². The average molecular weight is 528 g/mol. The monoisotopic (exact) mass is 527 g/mol. The zero-order chi connectivity index (χ0) is 26.9. The molecule has 6 unspecified atom stereocenters. The Bertz CT molecular complexity index is 847. The molecule has 0 bridgehead atoms. The Balaban J connectivity index is 1.17. The minimum absolute atomic E-state index is 0.00711. The predicted molar refractivity (Wildman–Crippen MR) is 155 cm³/mol. The summed E-state index contributed by atoms with van der Waals surface area (Å²) in [4.78, 5) is 15.0. The van der Waals surface area contributed by atoms with E-state index < -0.39 is 0 Å². The van der Waals surface area contributed by atoms with Gasteiger partial charge in [0.1, 0.15) is 6.10 Å². The van der Waals surface area contributed by atoms with Gasteiger partial charge in [0.05, 0.1) is 19.6 Å². The van der Waals surface area contributed by atoms with Crippen molar-refractivity contribution in [3.05, 3.63) is 11.6 Å². The summed E-state index contributed by atoms with van der Waals surface area (Å²) >= 11 is 0. The van der Waals surface area contributed by atoms with E-state index in [2.05, 4.69) is 45.6 Å². The van der Waals surface area contributed by atoms with E-state index in [-0.39, 0.29) is 12.1 Å². The number of allylic oxidation sites excluding steroid dienone is 1. The minimum atomic E-state index is -0.00711. The zero-order valence-electron chi connectivity index (χ0n) is 25.3. The lowest BCUT2D eigenvalue weighted by Gasteiger charge is -2.58. The maximum Gasteiger partial charge on any atom is 0.307 e. The summed E-state index contributed by atoms with van der Waals surface area (Å²) in [5, 5.41) is 0.